The van der Waals surface area contributed by atoms with Gasteiger partial charge in [0.2, 0.25) is 0 Å². The van der Waals surface area contributed by atoms with Crippen LogP contribution in [0.15, 0.2) is 35.7 Å². The first-order valence-electron chi connectivity index (χ1n) is 9.99. The molecule has 2 aromatic rings. The molecule has 166 valence electrons. The number of nitrogens with zero attached hydrogens (tertiary/aromatic N) is 1. The Morgan fingerprint density at radius 1 is 1.13 bits per heavy atom. The molecule has 1 N–H and O–H groups in total. The number of thiophene rings is 1. The Kier molecular flexibility index (Phi) is 7.51. The van der Waals surface area contributed by atoms with Gasteiger partial charge in [0.25, 0.3) is 11.8 Å². The lowest BCUT2D eigenvalue weighted by Crippen LogP contribution is -2.41. The maximum Gasteiger partial charge on any atom is 0.309 e. The first-order chi connectivity index (χ1) is 14.9. The molecule has 8 nitrogen and oxygen atoms in total. The van der Waals surface area contributed by atoms with Crippen molar-refractivity contribution in [1.82, 2.24) is 4.90 Å². The Morgan fingerprint density at radius 2 is 1.87 bits per heavy atom. The highest BCUT2D eigenvalue weighted by atomic mass is 32.1. The van der Waals surface area contributed by atoms with E-state index >= 15 is 0 Å². The van der Waals surface area contributed by atoms with Gasteiger partial charge in [0.15, 0.2) is 6.10 Å². The van der Waals surface area contributed by atoms with E-state index in [0.717, 1.165) is 0 Å². The lowest BCUT2D eigenvalue weighted by molar-refractivity contribution is -0.158. The average Bonchev–Trinajstić information content (AvgIpc) is 3.33. The van der Waals surface area contributed by atoms with Gasteiger partial charge in [-0.1, -0.05) is 6.07 Å². The molecule has 0 radical (unpaired) electrons. The van der Waals surface area contributed by atoms with Crippen molar-refractivity contribution in [3.05, 3.63) is 40.6 Å². The van der Waals surface area contributed by atoms with Crippen LogP contribution < -0.4 is 14.8 Å². The maximum absolute atomic E-state index is 12.5. The molecule has 1 fully saturated rings. The van der Waals surface area contributed by atoms with Crippen molar-refractivity contribution >= 4 is 34.8 Å². The summed E-state index contributed by atoms with van der Waals surface area (Å²) in [5, 5.41) is 4.57. The molecule has 0 saturated carbocycles. The first kappa shape index (κ1) is 22.6. The summed E-state index contributed by atoms with van der Waals surface area (Å²) in [7, 11) is 3.02. The van der Waals surface area contributed by atoms with E-state index in [1.165, 1.54) is 32.5 Å². The predicted octanol–water partition coefficient (Wildman–Crippen LogP) is 3.19. The second-order valence-electron chi connectivity index (χ2n) is 7.18. The third-order valence-electron chi connectivity index (χ3n) is 5.17. The number of likely N-dealkylation sites (tertiary alicyclic amines) is 1. The molecule has 9 heteroatoms. The van der Waals surface area contributed by atoms with Crippen molar-refractivity contribution in [2.75, 3.05) is 32.6 Å². The Labute approximate surface area is 185 Å². The Morgan fingerprint density at radius 3 is 2.48 bits per heavy atom. The van der Waals surface area contributed by atoms with Gasteiger partial charge >= 0.3 is 5.97 Å². The molecule has 1 aromatic heterocycles. The van der Waals surface area contributed by atoms with E-state index in [1.54, 1.807) is 29.2 Å². The summed E-state index contributed by atoms with van der Waals surface area (Å²) in [6.07, 6.45) is 0.0383. The van der Waals surface area contributed by atoms with Gasteiger partial charge in [-0.15, -0.1) is 11.3 Å². The van der Waals surface area contributed by atoms with Crippen LogP contribution in [0.1, 0.15) is 29.4 Å². The van der Waals surface area contributed by atoms with E-state index in [4.69, 9.17) is 14.2 Å². The molecule has 3 rings (SSSR count). The summed E-state index contributed by atoms with van der Waals surface area (Å²) in [5.74, 6) is -0.218. The minimum Gasteiger partial charge on any atom is -0.497 e. The number of esters is 1. The molecule has 1 atom stereocenters. The summed E-state index contributed by atoms with van der Waals surface area (Å²) in [5.41, 5.74) is 0.426. The highest BCUT2D eigenvalue weighted by Gasteiger charge is 2.31. The molecule has 0 spiro atoms. The number of hydrogen-bond donors (Lipinski definition) is 1. The Bertz CT molecular complexity index is 922. The molecule has 1 aliphatic heterocycles. The van der Waals surface area contributed by atoms with Gasteiger partial charge in [0.1, 0.15) is 11.5 Å². The van der Waals surface area contributed by atoms with Crippen molar-refractivity contribution in [1.29, 1.82) is 0 Å². The quantitative estimate of drug-likeness (QED) is 0.657. The fourth-order valence-electron chi connectivity index (χ4n) is 3.34. The van der Waals surface area contributed by atoms with E-state index in [9.17, 15) is 14.4 Å². The van der Waals surface area contributed by atoms with E-state index in [-0.39, 0.29) is 11.8 Å². The molecule has 2 heterocycles. The van der Waals surface area contributed by atoms with Crippen LogP contribution in [-0.4, -0.2) is 56.1 Å². The number of anilines is 1. The van der Waals surface area contributed by atoms with Crippen molar-refractivity contribution in [3.63, 3.8) is 0 Å². The largest absolute Gasteiger partial charge is 0.497 e. The molecule has 2 amide bonds. The van der Waals surface area contributed by atoms with Crippen LogP contribution in [-0.2, 0) is 14.3 Å². The first-order valence-corrected chi connectivity index (χ1v) is 10.9. The molecule has 1 unspecified atom stereocenters. The third-order valence-corrected chi connectivity index (χ3v) is 6.03. The van der Waals surface area contributed by atoms with Gasteiger partial charge in [-0.2, -0.15) is 0 Å². The summed E-state index contributed by atoms with van der Waals surface area (Å²) < 4.78 is 15.8. The number of carbonyl (C=O) groups excluding carboxylic acids is 3. The lowest BCUT2D eigenvalue weighted by Gasteiger charge is -2.31. The van der Waals surface area contributed by atoms with E-state index in [1.807, 2.05) is 11.4 Å². The average molecular weight is 447 g/mol. The topological polar surface area (TPSA) is 94.2 Å². The fourth-order valence-corrected chi connectivity index (χ4v) is 4.04. The number of hydrogen-bond acceptors (Lipinski definition) is 7. The smallest absolute Gasteiger partial charge is 0.309 e. The highest BCUT2D eigenvalue weighted by Crippen LogP contribution is 2.29. The normalized spacial score (nSPS) is 15.1. The number of benzene rings is 1. The van der Waals surface area contributed by atoms with Crippen LogP contribution in [0.3, 0.4) is 0 Å². The molecular formula is C22H26N2O6S. The number of methoxy groups -OCH3 is 2. The standard InChI is InChI=1S/C22H26N2O6S/c1-14(20(25)23-17-13-16(28-2)6-7-18(17)29-3)30-22(27)15-8-10-24(11-9-15)21(26)19-5-4-12-31-19/h4-7,12-15H,8-11H2,1-3H3,(H,23,25). The summed E-state index contributed by atoms with van der Waals surface area (Å²) in [6, 6.07) is 8.66. The van der Waals surface area contributed by atoms with Crippen molar-refractivity contribution in [3.8, 4) is 11.5 Å². The van der Waals surface area contributed by atoms with Gasteiger partial charge in [0.05, 0.1) is 30.7 Å². The van der Waals surface area contributed by atoms with Gasteiger partial charge in [0, 0.05) is 19.2 Å². The molecule has 1 aliphatic rings. The Balaban J connectivity index is 1.51. The van der Waals surface area contributed by atoms with Crippen molar-refractivity contribution < 1.29 is 28.6 Å². The van der Waals surface area contributed by atoms with Gasteiger partial charge < -0.3 is 24.4 Å². The zero-order valence-electron chi connectivity index (χ0n) is 17.8. The lowest BCUT2D eigenvalue weighted by atomic mass is 9.97. The maximum atomic E-state index is 12.5. The van der Waals surface area contributed by atoms with Crippen LogP contribution in [0.2, 0.25) is 0 Å². The monoisotopic (exact) mass is 446 g/mol. The van der Waals surface area contributed by atoms with E-state index < -0.39 is 18.0 Å². The van der Waals surface area contributed by atoms with Crippen LogP contribution in [0.5, 0.6) is 11.5 Å². The van der Waals surface area contributed by atoms with Gasteiger partial charge in [-0.3, -0.25) is 14.4 Å². The minimum atomic E-state index is -0.978. The molecule has 0 aliphatic carbocycles. The molecule has 31 heavy (non-hydrogen) atoms. The van der Waals surface area contributed by atoms with Crippen LogP contribution >= 0.6 is 11.3 Å². The summed E-state index contributed by atoms with van der Waals surface area (Å²) in [4.78, 5) is 39.9. The zero-order valence-corrected chi connectivity index (χ0v) is 18.6. The third kappa shape index (κ3) is 5.55. The second kappa shape index (κ2) is 10.3. The number of rotatable bonds is 7. The van der Waals surface area contributed by atoms with E-state index in [2.05, 4.69) is 5.32 Å². The number of nitrogens with one attached hydrogen (secondary N) is 1. The van der Waals surface area contributed by atoms with Gasteiger partial charge in [-0.25, -0.2) is 0 Å². The van der Waals surface area contributed by atoms with Crippen LogP contribution in [0.25, 0.3) is 0 Å². The fraction of sp³-hybridized carbons (Fsp3) is 0.409. The molecular weight excluding hydrogens is 420 g/mol. The summed E-state index contributed by atoms with van der Waals surface area (Å²) >= 11 is 1.40. The molecule has 0 bridgehead atoms. The predicted molar refractivity (Wildman–Crippen MR) is 117 cm³/mol. The second-order valence-corrected chi connectivity index (χ2v) is 8.13. The summed E-state index contributed by atoms with van der Waals surface area (Å²) in [6.45, 7) is 2.49. The van der Waals surface area contributed by atoms with Crippen LogP contribution in [0, 0.1) is 5.92 Å². The minimum absolute atomic E-state index is 0.0122. The number of ether oxygens (including phenoxy) is 3. The van der Waals surface area contributed by atoms with Crippen LogP contribution in [0.4, 0.5) is 5.69 Å². The van der Waals surface area contributed by atoms with Gasteiger partial charge in [-0.05, 0) is 43.3 Å². The SMILES string of the molecule is COc1ccc(OC)c(NC(=O)C(C)OC(=O)C2CCN(C(=O)c3cccs3)CC2)c1. The highest BCUT2D eigenvalue weighted by molar-refractivity contribution is 7.12. The molecule has 1 aromatic carbocycles. The number of amides is 2. The Hall–Kier alpha value is -3.07. The van der Waals surface area contributed by atoms with E-state index in [0.29, 0.717) is 48.0 Å². The van der Waals surface area contributed by atoms with Crippen molar-refractivity contribution in [2.45, 2.75) is 25.9 Å². The number of carbonyl (C=O) groups is 3. The molecule has 1 saturated heterocycles. The number of piperidine rings is 1. The van der Waals surface area contributed by atoms with Crippen molar-refractivity contribution in [2.24, 2.45) is 5.92 Å². The zero-order chi connectivity index (χ0) is 22.4.